The van der Waals surface area contributed by atoms with Crippen molar-refractivity contribution in [3.05, 3.63) is 29.7 Å². The maximum absolute atomic E-state index is 5.84. The third-order valence-corrected chi connectivity index (χ3v) is 1.74. The fourth-order valence-corrected chi connectivity index (χ4v) is 1.28. The number of fused-ring (bicyclic) bond motifs is 1. The molecular weight excluding hydrogens is 162 g/mol. The number of imidazole rings is 1. The van der Waals surface area contributed by atoms with Gasteiger partial charge in [-0.25, -0.2) is 4.98 Å². The molecule has 0 aromatic carbocycles. The highest BCUT2D eigenvalue weighted by molar-refractivity contribution is 6.33. The fraction of sp³-hybridized carbons (Fsp3) is 0. The molecule has 3 nitrogen and oxygen atoms in total. The monoisotopic (exact) mass is 167 g/mol. The van der Waals surface area contributed by atoms with E-state index in [1.807, 2.05) is 0 Å². The maximum atomic E-state index is 5.84. The minimum Gasteiger partial charge on any atom is -0.397 e. The van der Waals surface area contributed by atoms with Crippen molar-refractivity contribution in [2.24, 2.45) is 0 Å². The van der Waals surface area contributed by atoms with Crippen molar-refractivity contribution < 1.29 is 0 Å². The number of nitrogen functional groups attached to an aromatic ring is 1. The van der Waals surface area contributed by atoms with Crippen molar-refractivity contribution >= 4 is 22.9 Å². The van der Waals surface area contributed by atoms with E-state index in [4.69, 9.17) is 17.3 Å². The van der Waals surface area contributed by atoms with E-state index in [-0.39, 0.29) is 0 Å². The third-order valence-electron chi connectivity index (χ3n) is 1.46. The largest absolute Gasteiger partial charge is 0.397 e. The van der Waals surface area contributed by atoms with Crippen LogP contribution < -0.4 is 5.73 Å². The van der Waals surface area contributed by atoms with E-state index in [1.54, 1.807) is 29.1 Å². The predicted octanol–water partition coefficient (Wildman–Crippen LogP) is 1.57. The van der Waals surface area contributed by atoms with Gasteiger partial charge in [-0.2, -0.15) is 0 Å². The Morgan fingerprint density at radius 3 is 3.18 bits per heavy atom. The quantitative estimate of drug-likeness (QED) is 0.647. The van der Waals surface area contributed by atoms with Gasteiger partial charge in [0.2, 0.25) is 0 Å². The lowest BCUT2D eigenvalue weighted by Gasteiger charge is -1.97. The lowest BCUT2D eigenvalue weighted by molar-refractivity contribution is 1.19. The first kappa shape index (κ1) is 6.49. The maximum Gasteiger partial charge on any atom is 0.155 e. The van der Waals surface area contributed by atoms with Gasteiger partial charge in [0, 0.05) is 24.3 Å². The molecule has 2 aromatic rings. The van der Waals surface area contributed by atoms with E-state index >= 15 is 0 Å². The number of aromatic nitrogens is 2. The van der Waals surface area contributed by atoms with Gasteiger partial charge in [-0.3, -0.25) is 0 Å². The summed E-state index contributed by atoms with van der Waals surface area (Å²) in [6.45, 7) is 0. The molecule has 2 heterocycles. The van der Waals surface area contributed by atoms with E-state index in [0.29, 0.717) is 10.7 Å². The van der Waals surface area contributed by atoms with Crippen molar-refractivity contribution in [3.63, 3.8) is 0 Å². The zero-order valence-corrected chi connectivity index (χ0v) is 6.42. The van der Waals surface area contributed by atoms with Gasteiger partial charge in [0.15, 0.2) is 5.65 Å². The van der Waals surface area contributed by atoms with Crippen LogP contribution in [0.3, 0.4) is 0 Å². The molecule has 0 aliphatic carbocycles. The molecule has 4 heteroatoms. The SMILES string of the molecule is Nc1cc(Cl)c2nccn2c1. The van der Waals surface area contributed by atoms with Crippen LogP contribution in [0.15, 0.2) is 24.7 Å². The number of hydrogen-bond acceptors (Lipinski definition) is 2. The topological polar surface area (TPSA) is 43.3 Å². The summed E-state index contributed by atoms with van der Waals surface area (Å²) in [7, 11) is 0. The number of pyridine rings is 1. The third kappa shape index (κ3) is 0.935. The molecule has 0 spiro atoms. The first-order valence-corrected chi connectivity index (χ1v) is 3.53. The van der Waals surface area contributed by atoms with Crippen LogP contribution in [0.4, 0.5) is 5.69 Å². The zero-order chi connectivity index (χ0) is 7.84. The van der Waals surface area contributed by atoms with E-state index in [0.717, 1.165) is 5.65 Å². The number of anilines is 1. The minimum atomic E-state index is 0.579. The summed E-state index contributed by atoms with van der Waals surface area (Å²) >= 11 is 5.84. The molecule has 0 radical (unpaired) electrons. The lowest BCUT2D eigenvalue weighted by Crippen LogP contribution is -1.90. The second-order valence-electron chi connectivity index (χ2n) is 2.28. The van der Waals surface area contributed by atoms with Crippen LogP contribution in [0.2, 0.25) is 5.02 Å². The van der Waals surface area contributed by atoms with Gasteiger partial charge < -0.3 is 10.1 Å². The minimum absolute atomic E-state index is 0.579. The summed E-state index contributed by atoms with van der Waals surface area (Å²) in [4.78, 5) is 4.03. The number of nitrogens with zero attached hydrogens (tertiary/aromatic N) is 2. The van der Waals surface area contributed by atoms with E-state index in [1.165, 1.54) is 0 Å². The highest BCUT2D eigenvalue weighted by Crippen LogP contribution is 2.18. The second-order valence-corrected chi connectivity index (χ2v) is 2.69. The predicted molar refractivity (Wildman–Crippen MR) is 44.6 cm³/mol. The highest BCUT2D eigenvalue weighted by atomic mass is 35.5. The number of rotatable bonds is 0. The standard InChI is InChI=1S/C7H6ClN3/c8-6-3-5(9)4-11-2-1-10-7(6)11/h1-4H,9H2. The highest BCUT2D eigenvalue weighted by Gasteiger charge is 1.99. The molecular formula is C7H6ClN3. The van der Waals surface area contributed by atoms with Gasteiger partial charge in [0.25, 0.3) is 0 Å². The van der Waals surface area contributed by atoms with Crippen LogP contribution in [0.25, 0.3) is 5.65 Å². The molecule has 2 N–H and O–H groups in total. The van der Waals surface area contributed by atoms with Crippen LogP contribution in [-0.4, -0.2) is 9.38 Å². The van der Waals surface area contributed by atoms with Crippen LogP contribution in [-0.2, 0) is 0 Å². The summed E-state index contributed by atoms with van der Waals surface area (Å²) in [5, 5.41) is 0.579. The van der Waals surface area contributed by atoms with Gasteiger partial charge in [0.1, 0.15) is 0 Å². The normalized spacial score (nSPS) is 10.6. The zero-order valence-electron chi connectivity index (χ0n) is 5.66. The lowest BCUT2D eigenvalue weighted by atomic mass is 10.4. The Morgan fingerprint density at radius 2 is 2.36 bits per heavy atom. The summed E-state index contributed by atoms with van der Waals surface area (Å²) in [5.41, 5.74) is 6.93. The number of hydrogen-bond donors (Lipinski definition) is 1. The second kappa shape index (κ2) is 2.13. The smallest absolute Gasteiger partial charge is 0.155 e. The molecule has 56 valence electrons. The summed E-state index contributed by atoms with van der Waals surface area (Å²) in [6.07, 6.45) is 5.26. The molecule has 0 saturated carbocycles. The number of halogens is 1. The molecule has 0 atom stereocenters. The summed E-state index contributed by atoms with van der Waals surface area (Å²) in [5.74, 6) is 0. The average Bonchev–Trinajstić information content (AvgIpc) is 2.34. The van der Waals surface area contributed by atoms with E-state index in [2.05, 4.69) is 4.98 Å². The molecule has 0 bridgehead atoms. The van der Waals surface area contributed by atoms with Crippen LogP contribution in [0.5, 0.6) is 0 Å². The molecule has 0 aliphatic heterocycles. The average molecular weight is 168 g/mol. The molecule has 2 rings (SSSR count). The molecule has 0 aliphatic rings. The molecule has 0 amide bonds. The van der Waals surface area contributed by atoms with Crippen molar-refractivity contribution in [3.8, 4) is 0 Å². The number of nitrogens with two attached hydrogens (primary N) is 1. The fourth-order valence-electron chi connectivity index (χ4n) is 1.01. The Bertz CT molecular complexity index is 393. The molecule has 0 saturated heterocycles. The van der Waals surface area contributed by atoms with E-state index < -0.39 is 0 Å². The van der Waals surface area contributed by atoms with Crippen molar-refractivity contribution in [2.45, 2.75) is 0 Å². The van der Waals surface area contributed by atoms with Crippen molar-refractivity contribution in [1.82, 2.24) is 9.38 Å². The van der Waals surface area contributed by atoms with E-state index in [9.17, 15) is 0 Å². The summed E-state index contributed by atoms with van der Waals surface area (Å²) < 4.78 is 1.79. The molecule has 0 fully saturated rings. The summed E-state index contributed by atoms with van der Waals surface area (Å²) in [6, 6.07) is 1.68. The molecule has 2 aromatic heterocycles. The van der Waals surface area contributed by atoms with Gasteiger partial charge in [-0.1, -0.05) is 11.6 Å². The van der Waals surface area contributed by atoms with Crippen LogP contribution in [0, 0.1) is 0 Å². The van der Waals surface area contributed by atoms with Crippen molar-refractivity contribution in [2.75, 3.05) is 5.73 Å². The Kier molecular flexibility index (Phi) is 1.26. The van der Waals surface area contributed by atoms with Crippen LogP contribution in [0.1, 0.15) is 0 Å². The Morgan fingerprint density at radius 1 is 1.55 bits per heavy atom. The van der Waals surface area contributed by atoms with Gasteiger partial charge in [-0.15, -0.1) is 0 Å². The first-order valence-electron chi connectivity index (χ1n) is 3.15. The molecule has 0 unspecified atom stereocenters. The Labute approximate surface area is 68.4 Å². The van der Waals surface area contributed by atoms with Crippen LogP contribution >= 0.6 is 11.6 Å². The van der Waals surface area contributed by atoms with Crippen molar-refractivity contribution in [1.29, 1.82) is 0 Å². The Hall–Kier alpha value is -1.22. The first-order chi connectivity index (χ1) is 5.27. The Balaban J connectivity index is 2.91. The van der Waals surface area contributed by atoms with Gasteiger partial charge in [-0.05, 0) is 6.07 Å². The van der Waals surface area contributed by atoms with Gasteiger partial charge in [0.05, 0.1) is 5.02 Å². The van der Waals surface area contributed by atoms with Gasteiger partial charge >= 0.3 is 0 Å². The molecule has 11 heavy (non-hydrogen) atoms.